The van der Waals surface area contributed by atoms with Crippen LogP contribution in [0, 0.1) is 12.8 Å². The Bertz CT molecular complexity index is 629. The van der Waals surface area contributed by atoms with E-state index in [1.54, 1.807) is 19.1 Å². The van der Waals surface area contributed by atoms with Gasteiger partial charge in [-0.05, 0) is 37.5 Å². The zero-order valence-corrected chi connectivity index (χ0v) is 12.6. The minimum atomic E-state index is -3.70. The number of sulfonamides is 1. The lowest BCUT2D eigenvalue weighted by Gasteiger charge is -2.30. The van der Waals surface area contributed by atoms with Gasteiger partial charge < -0.3 is 5.11 Å². The van der Waals surface area contributed by atoms with Crippen LogP contribution < -0.4 is 0 Å². The fourth-order valence-electron chi connectivity index (χ4n) is 2.37. The standard InChI is InChI=1S/C13H16ClNO4S/c1-9-11(14)5-2-6-12(9)20(18,19)15-7-3-4-10(8-15)13(16)17/h2,5-6,10H,3-4,7-8H2,1H3,(H,16,17)/t10-/m0/s1. The molecule has 0 saturated carbocycles. The highest BCUT2D eigenvalue weighted by Crippen LogP contribution is 2.28. The summed E-state index contributed by atoms with van der Waals surface area (Å²) in [5.41, 5.74) is 0.492. The number of carbonyl (C=O) groups is 1. The summed E-state index contributed by atoms with van der Waals surface area (Å²) >= 11 is 5.96. The highest BCUT2D eigenvalue weighted by Gasteiger charge is 2.34. The number of hydrogen-bond acceptors (Lipinski definition) is 3. The summed E-state index contributed by atoms with van der Waals surface area (Å²) in [4.78, 5) is 11.2. The van der Waals surface area contributed by atoms with Crippen LogP contribution in [0.4, 0.5) is 0 Å². The van der Waals surface area contributed by atoms with Crippen molar-refractivity contribution in [3.8, 4) is 0 Å². The first kappa shape index (κ1) is 15.3. The molecule has 5 nitrogen and oxygen atoms in total. The van der Waals surface area contributed by atoms with Gasteiger partial charge in [0.05, 0.1) is 10.8 Å². The lowest BCUT2D eigenvalue weighted by Crippen LogP contribution is -2.42. The zero-order chi connectivity index (χ0) is 14.9. The maximum atomic E-state index is 12.6. The molecule has 1 atom stereocenters. The van der Waals surface area contributed by atoms with Gasteiger partial charge in [0.2, 0.25) is 10.0 Å². The first-order valence-electron chi connectivity index (χ1n) is 6.32. The van der Waals surface area contributed by atoms with Crippen LogP contribution in [0.2, 0.25) is 5.02 Å². The molecule has 1 aromatic carbocycles. The Morgan fingerprint density at radius 2 is 2.15 bits per heavy atom. The molecule has 1 N–H and O–H groups in total. The van der Waals surface area contributed by atoms with Gasteiger partial charge in [-0.15, -0.1) is 0 Å². The molecule has 1 aliphatic rings. The highest BCUT2D eigenvalue weighted by atomic mass is 35.5. The van der Waals surface area contributed by atoms with E-state index < -0.39 is 21.9 Å². The van der Waals surface area contributed by atoms with Crippen LogP contribution in [0.3, 0.4) is 0 Å². The van der Waals surface area contributed by atoms with E-state index in [-0.39, 0.29) is 11.4 Å². The first-order chi connectivity index (χ1) is 9.34. The molecule has 0 aliphatic carbocycles. The minimum absolute atomic E-state index is 0.0175. The third-order valence-electron chi connectivity index (χ3n) is 3.57. The van der Waals surface area contributed by atoms with Crippen molar-refractivity contribution in [2.24, 2.45) is 5.92 Å². The van der Waals surface area contributed by atoms with E-state index in [1.807, 2.05) is 0 Å². The van der Waals surface area contributed by atoms with Gasteiger partial charge in [-0.2, -0.15) is 4.31 Å². The van der Waals surface area contributed by atoms with Crippen molar-refractivity contribution in [1.29, 1.82) is 0 Å². The van der Waals surface area contributed by atoms with Crippen molar-refractivity contribution in [3.63, 3.8) is 0 Å². The minimum Gasteiger partial charge on any atom is -0.481 e. The molecule has 20 heavy (non-hydrogen) atoms. The predicted molar refractivity (Wildman–Crippen MR) is 75.3 cm³/mol. The molecule has 1 fully saturated rings. The molecule has 0 spiro atoms. The summed E-state index contributed by atoms with van der Waals surface area (Å²) in [6.45, 7) is 2.01. The van der Waals surface area contributed by atoms with E-state index in [9.17, 15) is 13.2 Å². The maximum absolute atomic E-state index is 12.6. The van der Waals surface area contributed by atoms with Gasteiger partial charge in [-0.25, -0.2) is 8.42 Å². The van der Waals surface area contributed by atoms with Crippen LogP contribution >= 0.6 is 11.6 Å². The average Bonchev–Trinajstić information content (AvgIpc) is 2.41. The quantitative estimate of drug-likeness (QED) is 0.926. The fraction of sp³-hybridized carbons (Fsp3) is 0.462. The molecule has 7 heteroatoms. The van der Waals surface area contributed by atoms with Crippen molar-refractivity contribution >= 4 is 27.6 Å². The van der Waals surface area contributed by atoms with Crippen molar-refractivity contribution in [1.82, 2.24) is 4.31 Å². The molecule has 110 valence electrons. The summed E-state index contributed by atoms with van der Waals surface area (Å²) in [5.74, 6) is -1.59. The molecule has 0 aromatic heterocycles. The lowest BCUT2D eigenvalue weighted by atomic mass is 10.0. The first-order valence-corrected chi connectivity index (χ1v) is 8.14. The summed E-state index contributed by atoms with van der Waals surface area (Å²) in [5, 5.41) is 9.44. The maximum Gasteiger partial charge on any atom is 0.307 e. The number of benzene rings is 1. The largest absolute Gasteiger partial charge is 0.481 e. The normalized spacial score (nSPS) is 20.8. The van der Waals surface area contributed by atoms with Crippen LogP contribution in [0.25, 0.3) is 0 Å². The van der Waals surface area contributed by atoms with E-state index in [2.05, 4.69) is 0 Å². The second kappa shape index (κ2) is 5.71. The summed E-state index contributed by atoms with van der Waals surface area (Å²) in [6.07, 6.45) is 1.06. The molecular weight excluding hydrogens is 302 g/mol. The van der Waals surface area contributed by atoms with Crippen molar-refractivity contribution in [2.45, 2.75) is 24.7 Å². The van der Waals surface area contributed by atoms with E-state index in [4.69, 9.17) is 16.7 Å². The van der Waals surface area contributed by atoms with Crippen molar-refractivity contribution < 1.29 is 18.3 Å². The number of rotatable bonds is 3. The second-order valence-electron chi connectivity index (χ2n) is 4.90. The summed E-state index contributed by atoms with van der Waals surface area (Å²) < 4.78 is 26.4. The zero-order valence-electron chi connectivity index (χ0n) is 11.0. The topological polar surface area (TPSA) is 74.7 Å². The van der Waals surface area contributed by atoms with Crippen LogP contribution in [0.15, 0.2) is 23.1 Å². The highest BCUT2D eigenvalue weighted by molar-refractivity contribution is 7.89. The SMILES string of the molecule is Cc1c(Cl)cccc1S(=O)(=O)N1CCC[C@H](C(=O)O)C1. The van der Waals surface area contributed by atoms with Crippen molar-refractivity contribution in [2.75, 3.05) is 13.1 Å². The van der Waals surface area contributed by atoms with Gasteiger partial charge in [0.25, 0.3) is 0 Å². The number of carboxylic acids is 1. The Kier molecular flexibility index (Phi) is 4.36. The van der Waals surface area contributed by atoms with Crippen molar-refractivity contribution in [3.05, 3.63) is 28.8 Å². The second-order valence-corrected chi connectivity index (χ2v) is 7.22. The monoisotopic (exact) mass is 317 g/mol. The number of halogens is 1. The molecule has 1 aliphatic heterocycles. The van der Waals surface area contributed by atoms with Gasteiger partial charge in [-0.1, -0.05) is 17.7 Å². The molecule has 0 bridgehead atoms. The van der Waals surface area contributed by atoms with Crippen LogP contribution in [-0.2, 0) is 14.8 Å². The van der Waals surface area contributed by atoms with E-state index in [0.29, 0.717) is 30.0 Å². The lowest BCUT2D eigenvalue weighted by molar-refractivity contribution is -0.142. The van der Waals surface area contributed by atoms with Gasteiger partial charge in [0.1, 0.15) is 0 Å². The summed E-state index contributed by atoms with van der Waals surface area (Å²) in [7, 11) is -3.70. The van der Waals surface area contributed by atoms with Gasteiger partial charge >= 0.3 is 5.97 Å². The van der Waals surface area contributed by atoms with E-state index in [1.165, 1.54) is 10.4 Å². The number of aliphatic carboxylic acids is 1. The van der Waals surface area contributed by atoms with E-state index in [0.717, 1.165) is 0 Å². The van der Waals surface area contributed by atoms with Crippen LogP contribution in [0.1, 0.15) is 18.4 Å². The van der Waals surface area contributed by atoms with E-state index >= 15 is 0 Å². The Morgan fingerprint density at radius 3 is 2.80 bits per heavy atom. The molecular formula is C13H16ClNO4S. The number of carboxylic acid groups (broad SMARTS) is 1. The molecule has 0 radical (unpaired) electrons. The van der Waals surface area contributed by atoms with Gasteiger partial charge in [0.15, 0.2) is 0 Å². The fourth-order valence-corrected chi connectivity index (χ4v) is 4.37. The molecule has 1 aromatic rings. The molecule has 0 unspecified atom stereocenters. The number of piperidine rings is 1. The third kappa shape index (κ3) is 2.82. The Balaban J connectivity index is 2.35. The molecule has 1 heterocycles. The number of nitrogens with zero attached hydrogens (tertiary/aromatic N) is 1. The molecule has 2 rings (SSSR count). The smallest absolute Gasteiger partial charge is 0.307 e. The van der Waals surface area contributed by atoms with Crippen LogP contribution in [0.5, 0.6) is 0 Å². The van der Waals surface area contributed by atoms with Gasteiger partial charge in [0, 0.05) is 18.1 Å². The number of hydrogen-bond donors (Lipinski definition) is 1. The average molecular weight is 318 g/mol. The molecule has 0 amide bonds. The Morgan fingerprint density at radius 1 is 1.45 bits per heavy atom. The third-order valence-corrected chi connectivity index (χ3v) is 5.99. The Hall–Kier alpha value is -1.11. The molecule has 1 saturated heterocycles. The Labute approximate surface area is 123 Å². The van der Waals surface area contributed by atoms with Gasteiger partial charge in [-0.3, -0.25) is 4.79 Å². The predicted octanol–water partition coefficient (Wildman–Crippen LogP) is 2.13. The van der Waals surface area contributed by atoms with Crippen LogP contribution in [-0.4, -0.2) is 36.9 Å². The summed E-state index contributed by atoms with van der Waals surface area (Å²) in [6, 6.07) is 4.72.